The average Bonchev–Trinajstić information content (AvgIpc) is 2.56. The minimum Gasteiger partial charge on any atom is -0.316 e. The third-order valence-electron chi connectivity index (χ3n) is 3.66. The van der Waals surface area contributed by atoms with Gasteiger partial charge in [0.1, 0.15) is 0 Å². The normalized spacial score (nSPS) is 15.1. The molecule has 0 aliphatic carbocycles. The summed E-state index contributed by atoms with van der Waals surface area (Å²) < 4.78 is 2.02. The zero-order valence-electron chi connectivity index (χ0n) is 12.9. The van der Waals surface area contributed by atoms with Crippen LogP contribution in [0.4, 0.5) is 0 Å². The number of nitrogens with one attached hydrogen (secondary N) is 1. The van der Waals surface area contributed by atoms with Crippen LogP contribution >= 0.6 is 0 Å². The van der Waals surface area contributed by atoms with E-state index < -0.39 is 0 Å². The lowest BCUT2D eigenvalue weighted by Gasteiger charge is -2.29. The largest absolute Gasteiger partial charge is 0.316 e. The lowest BCUT2D eigenvalue weighted by molar-refractivity contribution is 0.279. The predicted octanol–water partition coefficient (Wildman–Crippen LogP) is 2.93. The smallest absolute Gasteiger partial charge is 0.0596 e. The third kappa shape index (κ3) is 4.45. The quantitative estimate of drug-likeness (QED) is 0.807. The van der Waals surface area contributed by atoms with Gasteiger partial charge >= 0.3 is 0 Å². The zero-order valence-corrected chi connectivity index (χ0v) is 12.9. The van der Waals surface area contributed by atoms with Gasteiger partial charge in [-0.05, 0) is 43.7 Å². The van der Waals surface area contributed by atoms with Gasteiger partial charge in [0.25, 0.3) is 0 Å². The topological polar surface area (TPSA) is 29.9 Å². The Morgan fingerprint density at radius 3 is 2.56 bits per heavy atom. The van der Waals surface area contributed by atoms with Crippen molar-refractivity contribution in [3.63, 3.8) is 0 Å². The van der Waals surface area contributed by atoms with Gasteiger partial charge in [0.2, 0.25) is 0 Å². The molecule has 1 rings (SSSR count). The highest BCUT2D eigenvalue weighted by Crippen LogP contribution is 2.26. The van der Waals surface area contributed by atoms with Gasteiger partial charge in [-0.15, -0.1) is 0 Å². The summed E-state index contributed by atoms with van der Waals surface area (Å²) in [6, 6.07) is 2.20. The molecule has 18 heavy (non-hydrogen) atoms. The van der Waals surface area contributed by atoms with Crippen LogP contribution in [0.15, 0.2) is 6.07 Å². The van der Waals surface area contributed by atoms with Crippen molar-refractivity contribution in [3.8, 4) is 0 Å². The molecule has 0 saturated carbocycles. The summed E-state index contributed by atoms with van der Waals surface area (Å²) in [4.78, 5) is 0. The standard InChI is InChI=1S/C15H29N3/c1-7-15(5,11-16-10-12(2)3)9-14-8-13(4)17-18(14)6/h8,12,16H,7,9-11H2,1-6H3. The maximum atomic E-state index is 4.43. The SMILES string of the molecule is CCC(C)(CNCC(C)C)Cc1cc(C)nn1C. The Balaban J connectivity index is 2.61. The Morgan fingerprint density at radius 1 is 1.44 bits per heavy atom. The van der Waals surface area contributed by atoms with Crippen molar-refractivity contribution in [2.45, 2.75) is 47.5 Å². The molecule has 1 aromatic heterocycles. The summed E-state index contributed by atoms with van der Waals surface area (Å²) in [6.07, 6.45) is 2.27. The van der Waals surface area contributed by atoms with Crippen LogP contribution in [0.2, 0.25) is 0 Å². The molecular formula is C15H29N3. The van der Waals surface area contributed by atoms with Crippen molar-refractivity contribution in [1.29, 1.82) is 0 Å². The maximum Gasteiger partial charge on any atom is 0.0596 e. The van der Waals surface area contributed by atoms with Gasteiger partial charge in [-0.3, -0.25) is 4.68 Å². The molecule has 0 aromatic carbocycles. The van der Waals surface area contributed by atoms with E-state index in [1.54, 1.807) is 0 Å². The highest BCUT2D eigenvalue weighted by atomic mass is 15.3. The van der Waals surface area contributed by atoms with E-state index in [4.69, 9.17) is 0 Å². The van der Waals surface area contributed by atoms with Crippen LogP contribution in [-0.4, -0.2) is 22.9 Å². The third-order valence-corrected chi connectivity index (χ3v) is 3.66. The molecule has 0 aliphatic rings. The number of nitrogens with zero attached hydrogens (tertiary/aromatic N) is 2. The van der Waals surface area contributed by atoms with Crippen LogP contribution in [0.1, 0.15) is 45.5 Å². The summed E-state index contributed by atoms with van der Waals surface area (Å²) in [6.45, 7) is 13.4. The van der Waals surface area contributed by atoms with Crippen molar-refractivity contribution < 1.29 is 0 Å². The Hall–Kier alpha value is -0.830. The predicted molar refractivity (Wildman–Crippen MR) is 77.8 cm³/mol. The Morgan fingerprint density at radius 2 is 2.11 bits per heavy atom. The minimum atomic E-state index is 0.315. The lowest BCUT2D eigenvalue weighted by Crippen LogP contribution is -2.35. The van der Waals surface area contributed by atoms with E-state index in [1.165, 1.54) is 12.1 Å². The summed E-state index contributed by atoms with van der Waals surface area (Å²) in [5.74, 6) is 0.713. The number of aryl methyl sites for hydroxylation is 2. The van der Waals surface area contributed by atoms with Crippen molar-refractivity contribution in [2.75, 3.05) is 13.1 Å². The number of hydrogen-bond donors (Lipinski definition) is 1. The van der Waals surface area contributed by atoms with Crippen LogP contribution in [-0.2, 0) is 13.5 Å². The monoisotopic (exact) mass is 251 g/mol. The molecule has 0 amide bonds. The van der Waals surface area contributed by atoms with Crippen LogP contribution in [0, 0.1) is 18.3 Å². The van der Waals surface area contributed by atoms with E-state index in [0.29, 0.717) is 11.3 Å². The summed E-state index contributed by atoms with van der Waals surface area (Å²) >= 11 is 0. The average molecular weight is 251 g/mol. The van der Waals surface area contributed by atoms with Crippen LogP contribution < -0.4 is 5.32 Å². The molecule has 0 aliphatic heterocycles. The molecular weight excluding hydrogens is 222 g/mol. The Labute approximate surface area is 112 Å². The van der Waals surface area contributed by atoms with Crippen molar-refractivity contribution in [1.82, 2.24) is 15.1 Å². The number of aromatic nitrogens is 2. The van der Waals surface area contributed by atoms with Crippen LogP contribution in [0.3, 0.4) is 0 Å². The highest BCUT2D eigenvalue weighted by molar-refractivity contribution is 5.10. The molecule has 0 radical (unpaired) electrons. The molecule has 0 spiro atoms. The van der Waals surface area contributed by atoms with E-state index in [1.807, 2.05) is 11.7 Å². The van der Waals surface area contributed by atoms with E-state index in [9.17, 15) is 0 Å². The number of hydrogen-bond acceptors (Lipinski definition) is 2. The molecule has 104 valence electrons. The van der Waals surface area contributed by atoms with Crippen molar-refractivity contribution >= 4 is 0 Å². The van der Waals surface area contributed by atoms with Gasteiger partial charge in [0.05, 0.1) is 5.69 Å². The molecule has 1 N–H and O–H groups in total. The van der Waals surface area contributed by atoms with E-state index in [2.05, 4.69) is 51.1 Å². The first-order valence-electron chi connectivity index (χ1n) is 7.06. The second kappa shape index (κ2) is 6.37. The zero-order chi connectivity index (χ0) is 13.8. The van der Waals surface area contributed by atoms with E-state index >= 15 is 0 Å². The van der Waals surface area contributed by atoms with Crippen LogP contribution in [0.25, 0.3) is 0 Å². The minimum absolute atomic E-state index is 0.315. The molecule has 1 aromatic rings. The Kier molecular flexibility index (Phi) is 5.39. The summed E-state index contributed by atoms with van der Waals surface area (Å²) in [5.41, 5.74) is 2.76. The van der Waals surface area contributed by atoms with Crippen LogP contribution in [0.5, 0.6) is 0 Å². The molecule has 1 unspecified atom stereocenters. The van der Waals surface area contributed by atoms with E-state index in [0.717, 1.165) is 25.2 Å². The molecule has 1 atom stereocenters. The molecule has 0 fully saturated rings. The Bertz CT molecular complexity index is 368. The van der Waals surface area contributed by atoms with Gasteiger partial charge in [-0.25, -0.2) is 0 Å². The van der Waals surface area contributed by atoms with Gasteiger partial charge in [-0.2, -0.15) is 5.10 Å². The molecule has 3 nitrogen and oxygen atoms in total. The summed E-state index contributed by atoms with van der Waals surface area (Å²) in [7, 11) is 2.04. The van der Waals surface area contributed by atoms with Crippen molar-refractivity contribution in [2.24, 2.45) is 18.4 Å². The molecule has 0 bridgehead atoms. The highest BCUT2D eigenvalue weighted by Gasteiger charge is 2.24. The lowest BCUT2D eigenvalue weighted by atomic mass is 9.82. The molecule has 0 saturated heterocycles. The van der Waals surface area contributed by atoms with E-state index in [-0.39, 0.29) is 0 Å². The molecule has 1 heterocycles. The fourth-order valence-corrected chi connectivity index (χ4v) is 2.24. The van der Waals surface area contributed by atoms with Gasteiger partial charge in [0, 0.05) is 19.3 Å². The number of rotatable bonds is 7. The fourth-order valence-electron chi connectivity index (χ4n) is 2.24. The molecule has 3 heteroatoms. The fraction of sp³-hybridized carbons (Fsp3) is 0.800. The van der Waals surface area contributed by atoms with Crippen molar-refractivity contribution in [3.05, 3.63) is 17.5 Å². The second-order valence-electron chi connectivity index (χ2n) is 6.27. The first kappa shape index (κ1) is 15.2. The maximum absolute atomic E-state index is 4.43. The van der Waals surface area contributed by atoms with Gasteiger partial charge < -0.3 is 5.32 Å². The second-order valence-corrected chi connectivity index (χ2v) is 6.27. The first-order valence-corrected chi connectivity index (χ1v) is 7.06. The van der Waals surface area contributed by atoms with Gasteiger partial charge in [-0.1, -0.05) is 27.7 Å². The van der Waals surface area contributed by atoms with Gasteiger partial charge in [0.15, 0.2) is 0 Å². The first-order chi connectivity index (χ1) is 8.36. The summed E-state index contributed by atoms with van der Waals surface area (Å²) in [5, 5.41) is 8.03.